The van der Waals surface area contributed by atoms with Crippen LogP contribution in [0.1, 0.15) is 37.7 Å². The van der Waals surface area contributed by atoms with Crippen LogP contribution in [0, 0.1) is 13.8 Å². The molecule has 0 aliphatic carbocycles. The van der Waals surface area contributed by atoms with Gasteiger partial charge in [-0.1, -0.05) is 20.8 Å². The summed E-state index contributed by atoms with van der Waals surface area (Å²) in [5, 5.41) is 7.81. The minimum absolute atomic E-state index is 0.155. The third-order valence-corrected chi connectivity index (χ3v) is 4.96. The molecule has 0 atom stereocenters. The van der Waals surface area contributed by atoms with Crippen molar-refractivity contribution in [3.63, 3.8) is 0 Å². The molecule has 0 radical (unpaired) electrons. The first-order valence-electron chi connectivity index (χ1n) is 6.73. The van der Waals surface area contributed by atoms with Crippen molar-refractivity contribution in [1.82, 2.24) is 15.1 Å². The van der Waals surface area contributed by atoms with Crippen LogP contribution in [0.25, 0.3) is 0 Å². The minimum Gasteiger partial charge on any atom is -0.310 e. The predicted molar refractivity (Wildman–Crippen MR) is 78.0 cm³/mol. The van der Waals surface area contributed by atoms with E-state index < -0.39 is 9.84 Å². The van der Waals surface area contributed by atoms with Gasteiger partial charge in [0.05, 0.1) is 18.0 Å². The Kier molecular flexibility index (Phi) is 5.55. The molecule has 0 bridgehead atoms. The molecule has 1 rings (SSSR count). The van der Waals surface area contributed by atoms with Crippen LogP contribution in [-0.2, 0) is 22.9 Å². The summed E-state index contributed by atoms with van der Waals surface area (Å²) in [7, 11) is -2.94. The first-order chi connectivity index (χ1) is 8.76. The average molecular weight is 287 g/mol. The summed E-state index contributed by atoms with van der Waals surface area (Å²) >= 11 is 0. The fourth-order valence-electron chi connectivity index (χ4n) is 1.88. The van der Waals surface area contributed by atoms with Gasteiger partial charge in [-0.2, -0.15) is 5.10 Å². The molecule has 0 fully saturated rings. The molecule has 5 nitrogen and oxygen atoms in total. The molecule has 0 aromatic carbocycles. The molecule has 0 aliphatic heterocycles. The maximum absolute atomic E-state index is 11.5. The smallest absolute Gasteiger partial charge is 0.151 e. The molecule has 6 heteroatoms. The van der Waals surface area contributed by atoms with Gasteiger partial charge in [-0.15, -0.1) is 0 Å². The maximum atomic E-state index is 11.5. The molecule has 1 N–H and O–H groups in total. The van der Waals surface area contributed by atoms with Gasteiger partial charge < -0.3 is 5.32 Å². The number of hydrogen-bond acceptors (Lipinski definition) is 4. The molecule has 0 spiro atoms. The van der Waals surface area contributed by atoms with Gasteiger partial charge in [-0.3, -0.25) is 4.68 Å². The lowest BCUT2D eigenvalue weighted by molar-refractivity contribution is 0.574. The SMILES string of the molecule is CCS(=O)(=O)CCn1nc(C)c(CNC(C)C)c1C. The second-order valence-electron chi connectivity index (χ2n) is 5.14. The zero-order valence-corrected chi connectivity index (χ0v) is 13.3. The van der Waals surface area contributed by atoms with Crippen molar-refractivity contribution in [3.8, 4) is 0 Å². The van der Waals surface area contributed by atoms with E-state index in [4.69, 9.17) is 0 Å². The zero-order chi connectivity index (χ0) is 14.6. The third kappa shape index (κ3) is 4.62. The van der Waals surface area contributed by atoms with E-state index in [0.717, 1.165) is 17.9 Å². The van der Waals surface area contributed by atoms with E-state index >= 15 is 0 Å². The van der Waals surface area contributed by atoms with Gasteiger partial charge >= 0.3 is 0 Å². The van der Waals surface area contributed by atoms with Crippen molar-refractivity contribution >= 4 is 9.84 Å². The largest absolute Gasteiger partial charge is 0.310 e. The fraction of sp³-hybridized carbons (Fsp3) is 0.769. The van der Waals surface area contributed by atoms with Crippen LogP contribution >= 0.6 is 0 Å². The number of hydrogen-bond donors (Lipinski definition) is 1. The topological polar surface area (TPSA) is 64.0 Å². The highest BCUT2D eigenvalue weighted by Crippen LogP contribution is 2.13. The second kappa shape index (κ2) is 6.52. The fourth-order valence-corrected chi connectivity index (χ4v) is 2.62. The van der Waals surface area contributed by atoms with Crippen molar-refractivity contribution in [3.05, 3.63) is 17.0 Å². The van der Waals surface area contributed by atoms with Crippen LogP contribution < -0.4 is 5.32 Å². The molecule has 1 aromatic heterocycles. The Morgan fingerprint density at radius 3 is 2.47 bits per heavy atom. The average Bonchev–Trinajstić information content (AvgIpc) is 2.60. The van der Waals surface area contributed by atoms with Gasteiger partial charge in [0, 0.05) is 29.6 Å². The number of nitrogens with zero attached hydrogens (tertiary/aromatic N) is 2. The number of nitrogens with one attached hydrogen (secondary N) is 1. The number of aromatic nitrogens is 2. The number of aryl methyl sites for hydroxylation is 2. The van der Waals surface area contributed by atoms with Crippen molar-refractivity contribution in [2.45, 2.75) is 53.8 Å². The Hall–Kier alpha value is -0.880. The van der Waals surface area contributed by atoms with Crippen LogP contribution in [0.3, 0.4) is 0 Å². The maximum Gasteiger partial charge on any atom is 0.151 e. The van der Waals surface area contributed by atoms with Gasteiger partial charge in [0.25, 0.3) is 0 Å². The van der Waals surface area contributed by atoms with Crippen molar-refractivity contribution in [1.29, 1.82) is 0 Å². The highest BCUT2D eigenvalue weighted by molar-refractivity contribution is 7.91. The summed E-state index contributed by atoms with van der Waals surface area (Å²) in [5.74, 6) is 0.344. The van der Waals surface area contributed by atoms with E-state index in [2.05, 4.69) is 24.3 Å². The van der Waals surface area contributed by atoms with Crippen molar-refractivity contribution in [2.24, 2.45) is 0 Å². The van der Waals surface area contributed by atoms with Crippen LogP contribution in [0.4, 0.5) is 0 Å². The summed E-state index contributed by atoms with van der Waals surface area (Å²) in [6.07, 6.45) is 0. The van der Waals surface area contributed by atoms with Gasteiger partial charge in [0.2, 0.25) is 0 Å². The summed E-state index contributed by atoms with van der Waals surface area (Å²) in [4.78, 5) is 0. The summed E-state index contributed by atoms with van der Waals surface area (Å²) in [6, 6.07) is 0.419. The van der Waals surface area contributed by atoms with Crippen LogP contribution in [0.15, 0.2) is 0 Å². The Morgan fingerprint density at radius 1 is 1.32 bits per heavy atom. The molecular formula is C13H25N3O2S. The molecule has 0 saturated heterocycles. The first-order valence-corrected chi connectivity index (χ1v) is 8.55. The van der Waals surface area contributed by atoms with Gasteiger partial charge in [-0.05, 0) is 13.8 Å². The normalized spacial score (nSPS) is 12.3. The molecule has 19 heavy (non-hydrogen) atoms. The standard InChI is InChI=1S/C13H25N3O2S/c1-6-19(17,18)8-7-16-12(5)13(11(4)15-16)9-14-10(2)3/h10,14H,6-9H2,1-5H3. The van der Waals surface area contributed by atoms with Gasteiger partial charge in [0.15, 0.2) is 9.84 Å². The van der Waals surface area contributed by atoms with Gasteiger partial charge in [0.1, 0.15) is 0 Å². The minimum atomic E-state index is -2.94. The Balaban J connectivity index is 2.79. The Bertz CT molecular complexity index is 518. The highest BCUT2D eigenvalue weighted by Gasteiger charge is 2.14. The van der Waals surface area contributed by atoms with E-state index in [1.54, 1.807) is 11.6 Å². The molecule has 1 heterocycles. The zero-order valence-electron chi connectivity index (χ0n) is 12.5. The number of sulfone groups is 1. The van der Waals surface area contributed by atoms with E-state index in [0.29, 0.717) is 12.6 Å². The van der Waals surface area contributed by atoms with E-state index in [1.165, 1.54) is 5.56 Å². The van der Waals surface area contributed by atoms with Crippen LogP contribution in [0.5, 0.6) is 0 Å². The third-order valence-electron chi connectivity index (χ3n) is 3.27. The monoisotopic (exact) mass is 287 g/mol. The first kappa shape index (κ1) is 16.2. The Labute approximate surface area is 116 Å². The van der Waals surface area contributed by atoms with E-state index in [1.807, 2.05) is 13.8 Å². The lowest BCUT2D eigenvalue weighted by Gasteiger charge is -2.09. The van der Waals surface area contributed by atoms with Crippen molar-refractivity contribution < 1.29 is 8.42 Å². The molecule has 110 valence electrons. The molecule has 0 saturated carbocycles. The molecule has 1 aromatic rings. The lowest BCUT2D eigenvalue weighted by Crippen LogP contribution is -2.22. The van der Waals surface area contributed by atoms with Gasteiger partial charge in [-0.25, -0.2) is 8.42 Å². The van der Waals surface area contributed by atoms with Crippen LogP contribution in [0.2, 0.25) is 0 Å². The second-order valence-corrected chi connectivity index (χ2v) is 7.62. The van der Waals surface area contributed by atoms with Crippen molar-refractivity contribution in [2.75, 3.05) is 11.5 Å². The summed E-state index contributed by atoms with van der Waals surface area (Å²) in [5.41, 5.74) is 3.19. The molecule has 0 aliphatic rings. The predicted octanol–water partition coefficient (Wildman–Crippen LogP) is 1.43. The number of rotatable bonds is 7. The lowest BCUT2D eigenvalue weighted by atomic mass is 10.2. The van der Waals surface area contributed by atoms with E-state index in [-0.39, 0.29) is 11.5 Å². The quantitative estimate of drug-likeness (QED) is 0.824. The summed E-state index contributed by atoms with van der Waals surface area (Å²) in [6.45, 7) is 11.0. The molecule has 0 amide bonds. The Morgan fingerprint density at radius 2 is 1.95 bits per heavy atom. The van der Waals surface area contributed by atoms with Crippen LogP contribution in [-0.4, -0.2) is 35.7 Å². The summed E-state index contributed by atoms with van der Waals surface area (Å²) < 4.78 is 24.9. The molecular weight excluding hydrogens is 262 g/mol. The highest BCUT2D eigenvalue weighted by atomic mass is 32.2. The van der Waals surface area contributed by atoms with E-state index in [9.17, 15) is 8.42 Å². The molecule has 0 unspecified atom stereocenters.